The van der Waals surface area contributed by atoms with Gasteiger partial charge in [0.15, 0.2) is 5.82 Å². The van der Waals surface area contributed by atoms with E-state index >= 15 is 0 Å². The second-order valence-corrected chi connectivity index (χ2v) is 6.46. The Balaban J connectivity index is 1.60. The number of fused-ring (bicyclic) bond motifs is 1. The van der Waals surface area contributed by atoms with Crippen LogP contribution in [0.25, 0.3) is 0 Å². The molecule has 1 N–H and O–H groups in total. The van der Waals surface area contributed by atoms with Crippen molar-refractivity contribution < 1.29 is 4.74 Å². The van der Waals surface area contributed by atoms with Crippen molar-refractivity contribution in [3.8, 4) is 5.75 Å². The van der Waals surface area contributed by atoms with Crippen LogP contribution in [0.5, 0.6) is 5.75 Å². The molecule has 2 aromatic carbocycles. The van der Waals surface area contributed by atoms with E-state index < -0.39 is 0 Å². The van der Waals surface area contributed by atoms with Crippen LogP contribution in [0.4, 0.5) is 23.1 Å². The van der Waals surface area contributed by atoms with Crippen molar-refractivity contribution in [3.63, 3.8) is 0 Å². The fraction of sp³-hybridized carbons (Fsp3) is 0.250. The van der Waals surface area contributed by atoms with Crippen molar-refractivity contribution >= 4 is 23.1 Å². The van der Waals surface area contributed by atoms with Gasteiger partial charge in [0.25, 0.3) is 0 Å². The van der Waals surface area contributed by atoms with Crippen LogP contribution < -0.4 is 15.0 Å². The van der Waals surface area contributed by atoms with Gasteiger partial charge in [-0.25, -0.2) is 0 Å². The summed E-state index contributed by atoms with van der Waals surface area (Å²) in [5.41, 5.74) is 3.33. The second kappa shape index (κ2) is 7.00. The molecule has 2 heterocycles. The number of rotatable bonds is 5. The lowest BCUT2D eigenvalue weighted by atomic mass is 10.2. The molecule has 6 heteroatoms. The highest BCUT2D eigenvalue weighted by Gasteiger charge is 2.21. The minimum absolute atomic E-state index is 0.0874. The molecule has 0 unspecified atom stereocenters. The summed E-state index contributed by atoms with van der Waals surface area (Å²) in [6.07, 6.45) is 2.79. The quantitative estimate of drug-likeness (QED) is 0.750. The summed E-state index contributed by atoms with van der Waals surface area (Å²) < 4.78 is 5.85. The zero-order chi connectivity index (χ0) is 17.9. The van der Waals surface area contributed by atoms with E-state index in [1.807, 2.05) is 44.2 Å². The molecule has 0 aliphatic carbocycles. The fourth-order valence-electron chi connectivity index (χ4n) is 3.10. The Bertz CT molecular complexity index is 912. The molecule has 3 aromatic rings. The SMILES string of the molecule is CC(C)Oc1ccccc1Nc1nncc(N2CCc3ccccc32)n1. The first-order valence-corrected chi connectivity index (χ1v) is 8.78. The monoisotopic (exact) mass is 347 g/mol. The van der Waals surface area contributed by atoms with E-state index in [-0.39, 0.29) is 6.10 Å². The van der Waals surface area contributed by atoms with E-state index in [4.69, 9.17) is 4.74 Å². The number of nitrogens with one attached hydrogen (secondary N) is 1. The van der Waals surface area contributed by atoms with E-state index in [0.717, 1.165) is 30.2 Å². The molecule has 1 aromatic heterocycles. The Morgan fingerprint density at radius 3 is 2.77 bits per heavy atom. The summed E-state index contributed by atoms with van der Waals surface area (Å²) in [6, 6.07) is 16.1. The van der Waals surface area contributed by atoms with Crippen LogP contribution in [0.3, 0.4) is 0 Å². The van der Waals surface area contributed by atoms with Gasteiger partial charge in [-0.15, -0.1) is 5.10 Å². The van der Waals surface area contributed by atoms with Crippen LogP contribution in [0.2, 0.25) is 0 Å². The Morgan fingerprint density at radius 2 is 1.88 bits per heavy atom. The van der Waals surface area contributed by atoms with E-state index in [1.165, 1.54) is 11.3 Å². The Hall–Kier alpha value is -3.15. The zero-order valence-electron chi connectivity index (χ0n) is 14.9. The molecule has 0 spiro atoms. The van der Waals surface area contributed by atoms with Crippen LogP contribution in [0.15, 0.2) is 54.7 Å². The van der Waals surface area contributed by atoms with Crippen molar-refractivity contribution in [2.75, 3.05) is 16.8 Å². The lowest BCUT2D eigenvalue weighted by molar-refractivity contribution is 0.244. The molecule has 0 radical (unpaired) electrons. The Labute approximate surface area is 152 Å². The third-order valence-corrected chi connectivity index (χ3v) is 4.21. The van der Waals surface area contributed by atoms with Crippen LogP contribution >= 0.6 is 0 Å². The van der Waals surface area contributed by atoms with E-state index in [9.17, 15) is 0 Å². The zero-order valence-corrected chi connectivity index (χ0v) is 14.9. The van der Waals surface area contributed by atoms with Crippen molar-refractivity contribution in [1.82, 2.24) is 15.2 Å². The Kier molecular flexibility index (Phi) is 4.39. The van der Waals surface area contributed by atoms with E-state index in [0.29, 0.717) is 5.95 Å². The van der Waals surface area contributed by atoms with Crippen LogP contribution in [-0.4, -0.2) is 27.8 Å². The molecule has 4 rings (SSSR count). The predicted molar refractivity (Wildman–Crippen MR) is 102 cm³/mol. The average Bonchev–Trinajstić information content (AvgIpc) is 3.07. The molecule has 6 nitrogen and oxygen atoms in total. The van der Waals surface area contributed by atoms with Crippen molar-refractivity contribution in [2.24, 2.45) is 0 Å². The van der Waals surface area contributed by atoms with Crippen LogP contribution in [0.1, 0.15) is 19.4 Å². The van der Waals surface area contributed by atoms with E-state index in [2.05, 4.69) is 43.6 Å². The first kappa shape index (κ1) is 16.3. The fourth-order valence-corrected chi connectivity index (χ4v) is 3.10. The molecule has 0 fully saturated rings. The predicted octanol–water partition coefficient (Wildman–Crippen LogP) is 4.10. The number of para-hydroxylation sites is 3. The van der Waals surface area contributed by atoms with Gasteiger partial charge in [0, 0.05) is 12.2 Å². The van der Waals surface area contributed by atoms with Crippen LogP contribution in [-0.2, 0) is 6.42 Å². The first-order valence-electron chi connectivity index (χ1n) is 8.78. The molecule has 0 atom stereocenters. The first-order chi connectivity index (χ1) is 12.7. The van der Waals surface area contributed by atoms with Gasteiger partial charge in [0.05, 0.1) is 18.0 Å². The summed E-state index contributed by atoms with van der Waals surface area (Å²) in [7, 11) is 0. The molecule has 0 saturated carbocycles. The van der Waals surface area contributed by atoms with Crippen molar-refractivity contribution in [2.45, 2.75) is 26.4 Å². The number of anilines is 4. The molecular formula is C20H21N5O. The van der Waals surface area contributed by atoms with Gasteiger partial charge in [0.1, 0.15) is 5.75 Å². The maximum absolute atomic E-state index is 5.85. The molecule has 1 aliphatic heterocycles. The Morgan fingerprint density at radius 1 is 1.08 bits per heavy atom. The summed E-state index contributed by atoms with van der Waals surface area (Å²) in [6.45, 7) is 4.89. The standard InChI is InChI=1S/C20H21N5O/c1-14(2)26-18-10-6-4-8-16(18)22-20-23-19(13-21-24-20)25-12-11-15-7-3-5-9-17(15)25/h3-10,13-14H,11-12H2,1-2H3,(H,22,23,24). The van der Waals surface area contributed by atoms with E-state index in [1.54, 1.807) is 6.20 Å². The van der Waals surface area contributed by atoms with Gasteiger partial charge in [-0.1, -0.05) is 30.3 Å². The molecule has 1 aliphatic rings. The topological polar surface area (TPSA) is 63.2 Å². The highest BCUT2D eigenvalue weighted by molar-refractivity contribution is 5.68. The summed E-state index contributed by atoms with van der Waals surface area (Å²) in [5, 5.41) is 11.5. The maximum atomic E-state index is 5.85. The molecule has 0 saturated heterocycles. The largest absolute Gasteiger partial charge is 0.489 e. The lowest BCUT2D eigenvalue weighted by Crippen LogP contribution is -2.16. The van der Waals surface area contributed by atoms with Gasteiger partial charge in [-0.2, -0.15) is 10.1 Å². The third-order valence-electron chi connectivity index (χ3n) is 4.21. The number of hydrogen-bond donors (Lipinski definition) is 1. The minimum Gasteiger partial charge on any atom is -0.489 e. The summed E-state index contributed by atoms with van der Waals surface area (Å²) >= 11 is 0. The molecule has 26 heavy (non-hydrogen) atoms. The highest BCUT2D eigenvalue weighted by atomic mass is 16.5. The summed E-state index contributed by atoms with van der Waals surface area (Å²) in [5.74, 6) is 2.00. The van der Waals surface area contributed by atoms with Crippen molar-refractivity contribution in [3.05, 3.63) is 60.3 Å². The number of hydrogen-bond acceptors (Lipinski definition) is 6. The normalized spacial score (nSPS) is 13.0. The van der Waals surface area contributed by atoms with Crippen molar-refractivity contribution in [1.29, 1.82) is 0 Å². The minimum atomic E-state index is 0.0874. The molecular weight excluding hydrogens is 326 g/mol. The van der Waals surface area contributed by atoms with Gasteiger partial charge in [0.2, 0.25) is 5.95 Å². The molecule has 132 valence electrons. The maximum Gasteiger partial charge on any atom is 0.249 e. The average molecular weight is 347 g/mol. The lowest BCUT2D eigenvalue weighted by Gasteiger charge is -2.18. The molecule has 0 amide bonds. The van der Waals surface area contributed by atoms with Gasteiger partial charge < -0.3 is 15.0 Å². The van der Waals surface area contributed by atoms with Gasteiger partial charge in [-0.05, 0) is 44.0 Å². The third kappa shape index (κ3) is 3.31. The van der Waals surface area contributed by atoms with Gasteiger partial charge in [-0.3, -0.25) is 0 Å². The van der Waals surface area contributed by atoms with Gasteiger partial charge >= 0.3 is 0 Å². The number of aromatic nitrogens is 3. The number of nitrogens with zero attached hydrogens (tertiary/aromatic N) is 4. The second-order valence-electron chi connectivity index (χ2n) is 6.46. The van der Waals surface area contributed by atoms with Crippen LogP contribution in [0, 0.1) is 0 Å². The number of ether oxygens (including phenoxy) is 1. The smallest absolute Gasteiger partial charge is 0.249 e. The number of benzene rings is 2. The highest BCUT2D eigenvalue weighted by Crippen LogP contribution is 2.33. The molecule has 0 bridgehead atoms. The summed E-state index contributed by atoms with van der Waals surface area (Å²) in [4.78, 5) is 6.83.